The van der Waals surface area contributed by atoms with Crippen LogP contribution in [-0.2, 0) is 9.53 Å². The standard InChI is InChI=1S/C9H8BrClN2O3/c1-16-9(15)6-2-5(10)4-12-8(6)13-7(14)3-11/h2,4H,3H2,1H3,(H,12,13,14). The lowest BCUT2D eigenvalue weighted by atomic mass is 10.2. The number of amides is 1. The van der Waals surface area contributed by atoms with Gasteiger partial charge in [0.25, 0.3) is 0 Å². The van der Waals surface area contributed by atoms with Gasteiger partial charge >= 0.3 is 5.97 Å². The Morgan fingerprint density at radius 1 is 1.62 bits per heavy atom. The van der Waals surface area contributed by atoms with Crippen molar-refractivity contribution in [2.45, 2.75) is 0 Å². The maximum Gasteiger partial charge on any atom is 0.341 e. The van der Waals surface area contributed by atoms with Crippen LogP contribution in [0.1, 0.15) is 10.4 Å². The van der Waals surface area contributed by atoms with E-state index in [4.69, 9.17) is 11.6 Å². The summed E-state index contributed by atoms with van der Waals surface area (Å²) in [7, 11) is 1.25. The second kappa shape index (κ2) is 5.81. The monoisotopic (exact) mass is 306 g/mol. The average Bonchev–Trinajstić information content (AvgIpc) is 2.30. The summed E-state index contributed by atoms with van der Waals surface area (Å²) in [5, 5.41) is 2.40. The number of aromatic nitrogens is 1. The lowest BCUT2D eigenvalue weighted by Gasteiger charge is -2.07. The largest absolute Gasteiger partial charge is 0.465 e. The van der Waals surface area contributed by atoms with Crippen molar-refractivity contribution in [3.63, 3.8) is 0 Å². The summed E-state index contributed by atoms with van der Waals surface area (Å²) in [5.41, 5.74) is 0.162. The fourth-order valence-electron chi connectivity index (χ4n) is 0.970. The van der Waals surface area contributed by atoms with Crippen LogP contribution >= 0.6 is 27.5 Å². The van der Waals surface area contributed by atoms with Crippen molar-refractivity contribution in [1.29, 1.82) is 0 Å². The number of hydrogen-bond acceptors (Lipinski definition) is 4. The number of nitrogens with zero attached hydrogens (tertiary/aromatic N) is 1. The zero-order chi connectivity index (χ0) is 12.1. The number of carbonyl (C=O) groups excluding carboxylic acids is 2. The van der Waals surface area contributed by atoms with Gasteiger partial charge in [-0.15, -0.1) is 11.6 Å². The molecule has 0 aliphatic rings. The SMILES string of the molecule is COC(=O)c1cc(Br)cnc1NC(=O)CCl. The molecule has 0 aliphatic heterocycles. The molecule has 1 aromatic heterocycles. The maximum absolute atomic E-state index is 11.4. The minimum atomic E-state index is -0.585. The molecule has 86 valence electrons. The van der Waals surface area contributed by atoms with Crippen LogP contribution in [0.2, 0.25) is 0 Å². The van der Waals surface area contributed by atoms with E-state index in [0.29, 0.717) is 4.47 Å². The highest BCUT2D eigenvalue weighted by Crippen LogP contribution is 2.18. The van der Waals surface area contributed by atoms with Gasteiger partial charge in [-0.3, -0.25) is 4.79 Å². The molecule has 0 unspecified atom stereocenters. The highest BCUT2D eigenvalue weighted by molar-refractivity contribution is 9.10. The summed E-state index contributed by atoms with van der Waals surface area (Å²) < 4.78 is 5.17. The van der Waals surface area contributed by atoms with Gasteiger partial charge in [0.15, 0.2) is 0 Å². The molecule has 5 nitrogen and oxygen atoms in total. The average molecular weight is 308 g/mol. The number of ether oxygens (including phenoxy) is 1. The first-order valence-corrected chi connectivity index (χ1v) is 5.51. The molecule has 1 aromatic rings. The predicted octanol–water partition coefficient (Wildman–Crippen LogP) is 1.81. The summed E-state index contributed by atoms with van der Waals surface area (Å²) in [4.78, 5) is 26.4. The van der Waals surface area contributed by atoms with Gasteiger partial charge < -0.3 is 10.1 Å². The first kappa shape index (κ1) is 12.9. The van der Waals surface area contributed by atoms with E-state index >= 15 is 0 Å². The Morgan fingerprint density at radius 2 is 2.31 bits per heavy atom. The van der Waals surface area contributed by atoms with Crippen LogP contribution in [0, 0.1) is 0 Å². The Morgan fingerprint density at radius 3 is 2.88 bits per heavy atom. The minimum Gasteiger partial charge on any atom is -0.465 e. The molecule has 1 rings (SSSR count). The number of pyridine rings is 1. The van der Waals surface area contributed by atoms with Crippen molar-refractivity contribution >= 4 is 45.2 Å². The van der Waals surface area contributed by atoms with Crippen LogP contribution in [-0.4, -0.2) is 29.9 Å². The van der Waals surface area contributed by atoms with Crippen molar-refractivity contribution < 1.29 is 14.3 Å². The highest BCUT2D eigenvalue weighted by Gasteiger charge is 2.15. The fraction of sp³-hybridized carbons (Fsp3) is 0.222. The van der Waals surface area contributed by atoms with Gasteiger partial charge in [0.2, 0.25) is 5.91 Å². The smallest absolute Gasteiger partial charge is 0.341 e. The Hall–Kier alpha value is -1.14. The third kappa shape index (κ3) is 3.18. The maximum atomic E-state index is 11.4. The zero-order valence-electron chi connectivity index (χ0n) is 8.29. The molecule has 0 spiro atoms. The second-order valence-corrected chi connectivity index (χ2v) is 3.91. The molecule has 0 saturated carbocycles. The molecule has 0 saturated heterocycles. The van der Waals surface area contributed by atoms with Gasteiger partial charge in [-0.25, -0.2) is 9.78 Å². The van der Waals surface area contributed by atoms with Crippen LogP contribution in [0.15, 0.2) is 16.7 Å². The van der Waals surface area contributed by atoms with Gasteiger partial charge in [0.05, 0.1) is 7.11 Å². The van der Waals surface area contributed by atoms with Crippen molar-refractivity contribution in [2.24, 2.45) is 0 Å². The molecule has 0 aliphatic carbocycles. The fourth-order valence-corrected chi connectivity index (χ4v) is 1.37. The highest BCUT2D eigenvalue weighted by atomic mass is 79.9. The van der Waals surface area contributed by atoms with Crippen LogP contribution in [0.5, 0.6) is 0 Å². The molecule has 0 fully saturated rings. The molecule has 16 heavy (non-hydrogen) atoms. The molecule has 0 atom stereocenters. The minimum absolute atomic E-state index is 0.126. The van der Waals surface area contributed by atoms with E-state index in [0.717, 1.165) is 0 Å². The molecule has 0 bridgehead atoms. The van der Waals surface area contributed by atoms with Crippen LogP contribution in [0.25, 0.3) is 0 Å². The van der Waals surface area contributed by atoms with E-state index in [1.807, 2.05) is 0 Å². The molecule has 1 amide bonds. The number of esters is 1. The predicted molar refractivity (Wildman–Crippen MR) is 62.6 cm³/mol. The summed E-state index contributed by atoms with van der Waals surface area (Å²) >= 11 is 8.50. The summed E-state index contributed by atoms with van der Waals surface area (Å²) in [6.45, 7) is 0. The van der Waals surface area contributed by atoms with Crippen molar-refractivity contribution in [2.75, 3.05) is 18.3 Å². The molecule has 7 heteroatoms. The molecule has 1 heterocycles. The quantitative estimate of drug-likeness (QED) is 0.683. The number of carbonyl (C=O) groups is 2. The number of methoxy groups -OCH3 is 1. The van der Waals surface area contributed by atoms with E-state index in [2.05, 4.69) is 31.0 Å². The van der Waals surface area contributed by atoms with E-state index < -0.39 is 11.9 Å². The third-order valence-electron chi connectivity index (χ3n) is 1.64. The van der Waals surface area contributed by atoms with Gasteiger partial charge in [-0.05, 0) is 22.0 Å². The van der Waals surface area contributed by atoms with Crippen molar-refractivity contribution in [3.05, 3.63) is 22.3 Å². The number of hydrogen-bond donors (Lipinski definition) is 1. The number of alkyl halides is 1. The number of rotatable bonds is 3. The molecular weight excluding hydrogens is 299 g/mol. The molecule has 0 aromatic carbocycles. The first-order chi connectivity index (χ1) is 7.58. The third-order valence-corrected chi connectivity index (χ3v) is 2.32. The zero-order valence-corrected chi connectivity index (χ0v) is 10.6. The second-order valence-electron chi connectivity index (χ2n) is 2.72. The lowest BCUT2D eigenvalue weighted by Crippen LogP contribution is -2.17. The Balaban J connectivity index is 3.07. The Bertz CT molecular complexity index is 425. The Labute approximate surface area is 105 Å². The number of anilines is 1. The van der Waals surface area contributed by atoms with E-state index in [9.17, 15) is 9.59 Å². The summed E-state index contributed by atoms with van der Waals surface area (Å²) in [5.74, 6) is -1.11. The van der Waals surface area contributed by atoms with E-state index in [1.54, 1.807) is 0 Å². The van der Waals surface area contributed by atoms with Crippen LogP contribution in [0.4, 0.5) is 5.82 Å². The van der Waals surface area contributed by atoms with Crippen molar-refractivity contribution in [1.82, 2.24) is 4.98 Å². The van der Waals surface area contributed by atoms with Gasteiger partial charge in [-0.2, -0.15) is 0 Å². The van der Waals surface area contributed by atoms with Crippen molar-refractivity contribution in [3.8, 4) is 0 Å². The first-order valence-electron chi connectivity index (χ1n) is 4.18. The van der Waals surface area contributed by atoms with Crippen LogP contribution in [0.3, 0.4) is 0 Å². The van der Waals surface area contributed by atoms with Crippen LogP contribution < -0.4 is 5.32 Å². The summed E-state index contributed by atoms with van der Waals surface area (Å²) in [6, 6.07) is 1.50. The number of halogens is 2. The topological polar surface area (TPSA) is 68.3 Å². The van der Waals surface area contributed by atoms with Gasteiger partial charge in [-0.1, -0.05) is 0 Å². The molecule has 1 N–H and O–H groups in total. The molecular formula is C9H8BrClN2O3. The van der Waals surface area contributed by atoms with Gasteiger partial charge in [0, 0.05) is 10.7 Å². The van der Waals surface area contributed by atoms with E-state index in [-0.39, 0.29) is 17.3 Å². The Kier molecular flexibility index (Phi) is 4.70. The van der Waals surface area contributed by atoms with E-state index in [1.165, 1.54) is 19.4 Å². The summed E-state index contributed by atoms with van der Waals surface area (Å²) in [6.07, 6.45) is 1.45. The molecule has 0 radical (unpaired) electrons. The lowest BCUT2D eigenvalue weighted by molar-refractivity contribution is -0.113. The normalized spacial score (nSPS) is 9.69. The van der Waals surface area contributed by atoms with Gasteiger partial charge in [0.1, 0.15) is 17.3 Å². The number of nitrogens with one attached hydrogen (secondary N) is 1.